The number of nitriles is 1. The Labute approximate surface area is 178 Å². The maximum absolute atomic E-state index is 13.9. The molecule has 1 fully saturated rings. The minimum atomic E-state index is -4.96. The highest BCUT2D eigenvalue weighted by Crippen LogP contribution is 2.45. The number of likely N-dealkylation sites (tertiary alicyclic amines) is 1. The Morgan fingerprint density at radius 3 is 2.58 bits per heavy atom. The molecule has 2 aromatic rings. The van der Waals surface area contributed by atoms with Gasteiger partial charge in [-0.1, -0.05) is 12.1 Å². The Balaban J connectivity index is 1.86. The monoisotopic (exact) mass is 433 g/mol. The summed E-state index contributed by atoms with van der Waals surface area (Å²) in [4.78, 5) is 18.7. The number of carbonyl (C=O) groups is 1. The molecule has 0 N–H and O–H groups in total. The van der Waals surface area contributed by atoms with E-state index >= 15 is 0 Å². The van der Waals surface area contributed by atoms with E-state index in [0.29, 0.717) is 17.8 Å². The van der Waals surface area contributed by atoms with E-state index in [-0.39, 0.29) is 31.4 Å². The number of carbonyl (C=O) groups excluding carboxylic acids is 1. The molecular weight excluding hydrogens is 410 g/mol. The second kappa shape index (κ2) is 8.39. The number of aromatic nitrogens is 1. The van der Waals surface area contributed by atoms with Crippen molar-refractivity contribution < 1.29 is 22.4 Å². The fraction of sp³-hybridized carbons (Fsp3) is 0.435. The fourth-order valence-electron chi connectivity index (χ4n) is 4.23. The van der Waals surface area contributed by atoms with Crippen molar-refractivity contribution in [3.63, 3.8) is 0 Å². The Morgan fingerprint density at radius 1 is 1.26 bits per heavy atom. The molecule has 31 heavy (non-hydrogen) atoms. The number of alkyl halides is 3. The van der Waals surface area contributed by atoms with E-state index in [9.17, 15) is 22.4 Å². The van der Waals surface area contributed by atoms with Crippen LogP contribution in [0.1, 0.15) is 43.5 Å². The summed E-state index contributed by atoms with van der Waals surface area (Å²) in [5, 5.41) is 8.84. The average molecular weight is 433 g/mol. The first kappa shape index (κ1) is 22.9. The van der Waals surface area contributed by atoms with Crippen LogP contribution in [-0.4, -0.2) is 34.9 Å². The number of nitrogens with zero attached hydrogens (tertiary/aromatic N) is 3. The Kier molecular flexibility index (Phi) is 6.19. The standard InChI is InChI=1S/C23H23F4N3O/c1-21(2,19-5-3-4-11-29-19)30-12-10-22(15-30,20(31)23(25,26)27)9-8-16-6-7-17(14-28)18(24)13-16/h3-7,11,13H,8-10,12,15H2,1-2H3/t22-/m1/s1. The van der Waals surface area contributed by atoms with Crippen molar-refractivity contribution in [2.45, 2.75) is 44.8 Å². The van der Waals surface area contributed by atoms with E-state index in [1.165, 1.54) is 12.1 Å². The predicted octanol–water partition coefficient (Wildman–Crippen LogP) is 4.78. The van der Waals surface area contributed by atoms with Gasteiger partial charge in [0.2, 0.25) is 5.78 Å². The highest BCUT2D eigenvalue weighted by molar-refractivity contribution is 5.90. The fourth-order valence-corrected chi connectivity index (χ4v) is 4.23. The maximum Gasteiger partial charge on any atom is 0.450 e. The van der Waals surface area contributed by atoms with E-state index in [0.717, 1.165) is 6.07 Å². The third kappa shape index (κ3) is 4.62. The van der Waals surface area contributed by atoms with E-state index in [1.807, 2.05) is 30.9 Å². The largest absolute Gasteiger partial charge is 0.450 e. The van der Waals surface area contributed by atoms with Gasteiger partial charge in [-0.05, 0) is 62.9 Å². The minimum absolute atomic E-state index is 0.0559. The summed E-state index contributed by atoms with van der Waals surface area (Å²) in [6.45, 7) is 4.00. The SMILES string of the molecule is CC(C)(c1ccccn1)N1CC[C@@](CCc2ccc(C#N)c(F)c2)(C(=O)C(F)(F)F)C1. The van der Waals surface area contributed by atoms with Crippen LogP contribution in [0.5, 0.6) is 0 Å². The summed E-state index contributed by atoms with van der Waals surface area (Å²) in [5.41, 5.74) is -1.24. The van der Waals surface area contributed by atoms with E-state index in [2.05, 4.69) is 4.98 Å². The van der Waals surface area contributed by atoms with Crippen LogP contribution in [0, 0.1) is 22.6 Å². The van der Waals surface area contributed by atoms with Gasteiger partial charge in [-0.25, -0.2) is 4.39 Å². The van der Waals surface area contributed by atoms with E-state index in [1.54, 1.807) is 18.3 Å². The van der Waals surface area contributed by atoms with Crippen LogP contribution >= 0.6 is 0 Å². The zero-order valence-corrected chi connectivity index (χ0v) is 17.3. The zero-order valence-electron chi connectivity index (χ0n) is 17.3. The summed E-state index contributed by atoms with van der Waals surface area (Å²) < 4.78 is 54.4. The van der Waals surface area contributed by atoms with E-state index in [4.69, 9.17) is 5.26 Å². The molecule has 0 radical (unpaired) electrons. The third-order valence-corrected chi connectivity index (χ3v) is 6.22. The highest BCUT2D eigenvalue weighted by Gasteiger charge is 2.56. The molecule has 0 amide bonds. The van der Waals surface area contributed by atoms with Gasteiger partial charge in [0, 0.05) is 19.3 Å². The lowest BCUT2D eigenvalue weighted by Crippen LogP contribution is -2.47. The summed E-state index contributed by atoms with van der Waals surface area (Å²) in [7, 11) is 0. The molecule has 0 aliphatic carbocycles. The van der Waals surface area contributed by atoms with Crippen LogP contribution in [-0.2, 0) is 16.8 Å². The molecule has 1 saturated heterocycles. The molecule has 8 heteroatoms. The Hall–Kier alpha value is -2.79. The first-order valence-electron chi connectivity index (χ1n) is 9.96. The van der Waals surface area contributed by atoms with Gasteiger partial charge < -0.3 is 0 Å². The van der Waals surface area contributed by atoms with Gasteiger partial charge in [-0.15, -0.1) is 0 Å². The average Bonchev–Trinajstić information content (AvgIpc) is 3.18. The van der Waals surface area contributed by atoms with Crippen LogP contribution in [0.15, 0.2) is 42.6 Å². The van der Waals surface area contributed by atoms with Crippen molar-refractivity contribution in [2.24, 2.45) is 5.41 Å². The second-order valence-corrected chi connectivity index (χ2v) is 8.48. The molecule has 3 rings (SSSR count). The topological polar surface area (TPSA) is 57.0 Å². The number of aryl methyl sites for hydroxylation is 1. The van der Waals surface area contributed by atoms with Gasteiger partial charge in [0.1, 0.15) is 11.9 Å². The van der Waals surface area contributed by atoms with Crippen molar-refractivity contribution in [1.29, 1.82) is 5.26 Å². The number of rotatable bonds is 6. The zero-order chi connectivity index (χ0) is 22.9. The van der Waals surface area contributed by atoms with Gasteiger partial charge >= 0.3 is 6.18 Å². The molecule has 164 valence electrons. The maximum atomic E-state index is 13.9. The van der Waals surface area contributed by atoms with Gasteiger partial charge in [0.25, 0.3) is 0 Å². The molecule has 1 atom stereocenters. The molecule has 0 bridgehead atoms. The summed E-state index contributed by atoms with van der Waals surface area (Å²) in [6.07, 6.45) is -3.24. The molecule has 0 saturated carbocycles. The van der Waals surface area contributed by atoms with Crippen LogP contribution < -0.4 is 0 Å². The lowest BCUT2D eigenvalue weighted by Gasteiger charge is -2.37. The van der Waals surface area contributed by atoms with E-state index < -0.39 is 28.7 Å². The molecule has 1 aliphatic heterocycles. The molecule has 0 spiro atoms. The molecule has 0 unspecified atom stereocenters. The van der Waals surface area contributed by atoms with Crippen LogP contribution in [0.2, 0.25) is 0 Å². The first-order chi connectivity index (χ1) is 14.5. The molecule has 1 aromatic carbocycles. The minimum Gasteiger partial charge on any atom is -0.292 e. The normalized spacial score (nSPS) is 19.9. The Morgan fingerprint density at radius 2 is 2.00 bits per heavy atom. The number of hydrogen-bond donors (Lipinski definition) is 0. The third-order valence-electron chi connectivity index (χ3n) is 6.22. The van der Waals surface area contributed by atoms with Crippen molar-refractivity contribution in [3.05, 3.63) is 65.2 Å². The number of ketones is 1. The van der Waals surface area contributed by atoms with Gasteiger partial charge in [-0.3, -0.25) is 14.7 Å². The quantitative estimate of drug-likeness (QED) is 0.615. The van der Waals surface area contributed by atoms with Crippen molar-refractivity contribution in [1.82, 2.24) is 9.88 Å². The number of pyridine rings is 1. The van der Waals surface area contributed by atoms with Gasteiger partial charge in [0.05, 0.1) is 22.2 Å². The van der Waals surface area contributed by atoms with Crippen molar-refractivity contribution >= 4 is 5.78 Å². The summed E-state index contributed by atoms with van der Waals surface area (Å²) in [6, 6.07) is 11.1. The molecule has 1 aromatic heterocycles. The second-order valence-electron chi connectivity index (χ2n) is 8.48. The van der Waals surface area contributed by atoms with Gasteiger partial charge in [-0.2, -0.15) is 18.4 Å². The van der Waals surface area contributed by atoms with Crippen LogP contribution in [0.4, 0.5) is 17.6 Å². The number of hydrogen-bond acceptors (Lipinski definition) is 4. The summed E-state index contributed by atoms with van der Waals surface area (Å²) >= 11 is 0. The molecular formula is C23H23F4N3O. The summed E-state index contributed by atoms with van der Waals surface area (Å²) in [5.74, 6) is -2.46. The molecule has 4 nitrogen and oxygen atoms in total. The lowest BCUT2D eigenvalue weighted by molar-refractivity contribution is -0.182. The van der Waals surface area contributed by atoms with Gasteiger partial charge in [0.15, 0.2) is 0 Å². The predicted molar refractivity (Wildman–Crippen MR) is 106 cm³/mol. The molecule has 2 heterocycles. The number of halogens is 4. The van der Waals surface area contributed by atoms with Crippen LogP contribution in [0.3, 0.4) is 0 Å². The number of benzene rings is 1. The van der Waals surface area contributed by atoms with Crippen LogP contribution in [0.25, 0.3) is 0 Å². The lowest BCUT2D eigenvalue weighted by atomic mass is 9.77. The Bertz CT molecular complexity index is 998. The first-order valence-corrected chi connectivity index (χ1v) is 9.96. The smallest absolute Gasteiger partial charge is 0.292 e. The van der Waals surface area contributed by atoms with Crippen molar-refractivity contribution in [2.75, 3.05) is 13.1 Å². The van der Waals surface area contributed by atoms with Crippen molar-refractivity contribution in [3.8, 4) is 6.07 Å². The molecule has 1 aliphatic rings. The highest BCUT2D eigenvalue weighted by atomic mass is 19.4. The number of Topliss-reactive ketones (excluding diaryl/α,β-unsaturated/α-hetero) is 1.